The fourth-order valence-electron chi connectivity index (χ4n) is 1.49. The van der Waals surface area contributed by atoms with E-state index in [0.29, 0.717) is 6.54 Å². The fourth-order valence-corrected chi connectivity index (χ4v) is 1.49. The topological polar surface area (TPSA) is 54.7 Å². The Morgan fingerprint density at radius 2 is 1.65 bits per heavy atom. The summed E-state index contributed by atoms with van der Waals surface area (Å²) in [5.41, 5.74) is 8.66. The SMILES string of the molecule is NCc1ccccc1.c1ccc2[nH]cnc2c1. The van der Waals surface area contributed by atoms with E-state index in [-0.39, 0.29) is 0 Å². The molecule has 2 aromatic carbocycles. The number of aromatic nitrogens is 2. The first-order valence-electron chi connectivity index (χ1n) is 5.52. The molecule has 3 heteroatoms. The summed E-state index contributed by atoms with van der Waals surface area (Å²) in [6, 6.07) is 17.9. The highest BCUT2D eigenvalue weighted by atomic mass is 14.9. The zero-order valence-corrected chi connectivity index (χ0v) is 9.51. The van der Waals surface area contributed by atoms with Crippen molar-refractivity contribution in [3.63, 3.8) is 0 Å². The van der Waals surface area contributed by atoms with Crippen LogP contribution in [0.3, 0.4) is 0 Å². The normalized spacial score (nSPS) is 9.71. The van der Waals surface area contributed by atoms with E-state index in [9.17, 15) is 0 Å². The smallest absolute Gasteiger partial charge is 0.0931 e. The van der Waals surface area contributed by atoms with Crippen molar-refractivity contribution >= 4 is 11.0 Å². The number of nitrogens with two attached hydrogens (primary N) is 1. The maximum absolute atomic E-state index is 5.35. The number of imidazole rings is 1. The molecule has 0 aliphatic rings. The van der Waals surface area contributed by atoms with E-state index in [1.54, 1.807) is 6.33 Å². The molecule has 0 saturated heterocycles. The molecular formula is C14H15N3. The molecule has 3 N–H and O–H groups in total. The number of benzene rings is 2. The molecule has 3 rings (SSSR count). The van der Waals surface area contributed by atoms with Crippen LogP contribution in [0, 0.1) is 0 Å². The molecule has 1 aromatic heterocycles. The zero-order valence-electron chi connectivity index (χ0n) is 9.51. The molecule has 0 spiro atoms. The monoisotopic (exact) mass is 225 g/mol. The zero-order chi connectivity index (χ0) is 11.9. The Kier molecular flexibility index (Phi) is 3.89. The van der Waals surface area contributed by atoms with Gasteiger partial charge in [0.2, 0.25) is 0 Å². The van der Waals surface area contributed by atoms with Gasteiger partial charge in [-0.15, -0.1) is 0 Å². The quantitative estimate of drug-likeness (QED) is 0.669. The lowest BCUT2D eigenvalue weighted by molar-refractivity contribution is 1.07. The van der Waals surface area contributed by atoms with Crippen molar-refractivity contribution in [3.05, 3.63) is 66.5 Å². The maximum atomic E-state index is 5.35. The number of hydrogen-bond donors (Lipinski definition) is 2. The predicted molar refractivity (Wildman–Crippen MR) is 70.4 cm³/mol. The Morgan fingerprint density at radius 3 is 2.29 bits per heavy atom. The molecule has 3 aromatic rings. The number of H-pyrrole nitrogens is 1. The first-order chi connectivity index (χ1) is 8.40. The van der Waals surface area contributed by atoms with Crippen LogP contribution in [0.4, 0.5) is 0 Å². The number of aromatic amines is 1. The molecule has 1 heterocycles. The molecule has 0 aliphatic heterocycles. The van der Waals surface area contributed by atoms with E-state index in [2.05, 4.69) is 9.97 Å². The van der Waals surface area contributed by atoms with Crippen LogP contribution in [0.5, 0.6) is 0 Å². The third-order valence-corrected chi connectivity index (χ3v) is 2.41. The largest absolute Gasteiger partial charge is 0.345 e. The summed E-state index contributed by atoms with van der Waals surface area (Å²) in [7, 11) is 0. The summed E-state index contributed by atoms with van der Waals surface area (Å²) in [5.74, 6) is 0. The van der Waals surface area contributed by atoms with Gasteiger partial charge in [-0.05, 0) is 17.7 Å². The van der Waals surface area contributed by atoms with Crippen molar-refractivity contribution in [1.29, 1.82) is 0 Å². The van der Waals surface area contributed by atoms with Gasteiger partial charge in [0, 0.05) is 6.54 Å². The van der Waals surface area contributed by atoms with Gasteiger partial charge in [-0.25, -0.2) is 4.98 Å². The Hall–Kier alpha value is -2.13. The van der Waals surface area contributed by atoms with Crippen LogP contribution in [-0.2, 0) is 6.54 Å². The second kappa shape index (κ2) is 5.82. The van der Waals surface area contributed by atoms with E-state index >= 15 is 0 Å². The number of fused-ring (bicyclic) bond motifs is 1. The molecular weight excluding hydrogens is 210 g/mol. The minimum absolute atomic E-state index is 0.640. The number of nitrogens with zero attached hydrogens (tertiary/aromatic N) is 1. The number of hydrogen-bond acceptors (Lipinski definition) is 2. The van der Waals surface area contributed by atoms with Crippen LogP contribution < -0.4 is 5.73 Å². The van der Waals surface area contributed by atoms with Gasteiger partial charge in [-0.3, -0.25) is 0 Å². The van der Waals surface area contributed by atoms with Gasteiger partial charge in [-0.2, -0.15) is 0 Å². The first-order valence-corrected chi connectivity index (χ1v) is 5.52. The molecule has 0 unspecified atom stereocenters. The fraction of sp³-hybridized carbons (Fsp3) is 0.0714. The highest BCUT2D eigenvalue weighted by Crippen LogP contribution is 2.05. The summed E-state index contributed by atoms with van der Waals surface area (Å²) in [6.45, 7) is 0.640. The van der Waals surface area contributed by atoms with Gasteiger partial charge in [0.1, 0.15) is 0 Å². The standard InChI is InChI=1S/C7H6N2.C7H9N/c1-2-4-7-6(3-1)8-5-9-7;8-6-7-4-2-1-3-5-7/h1-5H,(H,8,9);1-5H,6,8H2. The predicted octanol–water partition coefficient (Wildman–Crippen LogP) is 2.71. The van der Waals surface area contributed by atoms with Gasteiger partial charge in [0.15, 0.2) is 0 Å². The second-order valence-electron chi connectivity index (χ2n) is 3.61. The minimum atomic E-state index is 0.640. The second-order valence-corrected chi connectivity index (χ2v) is 3.61. The average molecular weight is 225 g/mol. The lowest BCUT2D eigenvalue weighted by Crippen LogP contribution is -1.94. The maximum Gasteiger partial charge on any atom is 0.0931 e. The van der Waals surface area contributed by atoms with Crippen LogP contribution in [0.15, 0.2) is 60.9 Å². The van der Waals surface area contributed by atoms with Crippen molar-refractivity contribution in [2.45, 2.75) is 6.54 Å². The highest BCUT2D eigenvalue weighted by Gasteiger charge is 1.88. The molecule has 0 radical (unpaired) electrons. The molecule has 86 valence electrons. The summed E-state index contributed by atoms with van der Waals surface area (Å²) >= 11 is 0. The summed E-state index contributed by atoms with van der Waals surface area (Å²) in [4.78, 5) is 7.07. The van der Waals surface area contributed by atoms with Gasteiger partial charge in [0.25, 0.3) is 0 Å². The van der Waals surface area contributed by atoms with Gasteiger partial charge >= 0.3 is 0 Å². The van der Waals surface area contributed by atoms with Gasteiger partial charge < -0.3 is 10.7 Å². The summed E-state index contributed by atoms with van der Waals surface area (Å²) in [6.07, 6.45) is 1.70. The van der Waals surface area contributed by atoms with Crippen LogP contribution >= 0.6 is 0 Å². The average Bonchev–Trinajstić information content (AvgIpc) is 2.89. The van der Waals surface area contributed by atoms with E-state index in [1.807, 2.05) is 54.6 Å². The Morgan fingerprint density at radius 1 is 0.941 bits per heavy atom. The Bertz CT molecular complexity index is 527. The van der Waals surface area contributed by atoms with Crippen LogP contribution in [-0.4, -0.2) is 9.97 Å². The van der Waals surface area contributed by atoms with E-state index < -0.39 is 0 Å². The van der Waals surface area contributed by atoms with Gasteiger partial charge in [0.05, 0.1) is 17.4 Å². The van der Waals surface area contributed by atoms with E-state index in [1.165, 1.54) is 5.56 Å². The third-order valence-electron chi connectivity index (χ3n) is 2.41. The van der Waals surface area contributed by atoms with E-state index in [4.69, 9.17) is 5.73 Å². The highest BCUT2D eigenvalue weighted by molar-refractivity contribution is 5.73. The molecule has 0 fully saturated rings. The third kappa shape index (κ3) is 3.16. The number of rotatable bonds is 1. The van der Waals surface area contributed by atoms with E-state index in [0.717, 1.165) is 11.0 Å². The molecule has 17 heavy (non-hydrogen) atoms. The van der Waals surface area contributed by atoms with Crippen molar-refractivity contribution in [2.24, 2.45) is 5.73 Å². The van der Waals surface area contributed by atoms with Crippen molar-refractivity contribution in [2.75, 3.05) is 0 Å². The number of nitrogens with one attached hydrogen (secondary N) is 1. The minimum Gasteiger partial charge on any atom is -0.345 e. The molecule has 0 saturated carbocycles. The van der Waals surface area contributed by atoms with Crippen molar-refractivity contribution < 1.29 is 0 Å². The lowest BCUT2D eigenvalue weighted by atomic mass is 10.2. The van der Waals surface area contributed by atoms with Crippen LogP contribution in [0.1, 0.15) is 5.56 Å². The molecule has 3 nitrogen and oxygen atoms in total. The number of para-hydroxylation sites is 2. The lowest BCUT2D eigenvalue weighted by Gasteiger charge is -1.90. The Labute approximate surface area is 100 Å². The van der Waals surface area contributed by atoms with Crippen molar-refractivity contribution in [3.8, 4) is 0 Å². The van der Waals surface area contributed by atoms with Crippen LogP contribution in [0.25, 0.3) is 11.0 Å². The summed E-state index contributed by atoms with van der Waals surface area (Å²) < 4.78 is 0. The Balaban J connectivity index is 0.000000128. The van der Waals surface area contributed by atoms with Gasteiger partial charge in [-0.1, -0.05) is 42.5 Å². The molecule has 0 aliphatic carbocycles. The summed E-state index contributed by atoms with van der Waals surface area (Å²) in [5, 5.41) is 0. The molecule has 0 bridgehead atoms. The molecule has 0 amide bonds. The van der Waals surface area contributed by atoms with Crippen molar-refractivity contribution in [1.82, 2.24) is 9.97 Å². The molecule has 0 atom stereocenters. The van der Waals surface area contributed by atoms with Crippen LogP contribution in [0.2, 0.25) is 0 Å². The first kappa shape index (κ1) is 11.4.